The van der Waals surface area contributed by atoms with E-state index in [1.54, 1.807) is 11.8 Å². The van der Waals surface area contributed by atoms with Crippen molar-refractivity contribution in [3.8, 4) is 0 Å². The Kier molecular flexibility index (Phi) is 6.99. The molecule has 84 valence electrons. The predicted octanol–water partition coefficient (Wildman–Crippen LogP) is 2.17. The summed E-state index contributed by atoms with van der Waals surface area (Å²) in [5.74, 6) is 0.944. The van der Waals surface area contributed by atoms with Gasteiger partial charge in [0, 0.05) is 28.3 Å². The molecular formula is C7H17N2O2PS2. The number of rotatable bonds is 4. The molecule has 0 atom stereocenters. The van der Waals surface area contributed by atoms with Gasteiger partial charge in [0.25, 0.3) is 0 Å². The average Bonchev–Trinajstić information content (AvgIpc) is 2.17. The van der Waals surface area contributed by atoms with Crippen molar-refractivity contribution < 1.29 is 9.05 Å². The topological polar surface area (TPSA) is 34.1 Å². The fourth-order valence-electron chi connectivity index (χ4n) is 0.637. The van der Waals surface area contributed by atoms with Crippen molar-refractivity contribution in [2.75, 3.05) is 34.1 Å². The Hall–Kier alpha value is 0.390. The second-order valence-corrected chi connectivity index (χ2v) is 7.03. The summed E-state index contributed by atoms with van der Waals surface area (Å²) in [6.45, 7) is -0.400. The maximum Gasteiger partial charge on any atom is 0.310 e. The summed E-state index contributed by atoms with van der Waals surface area (Å²) >= 11 is 6.77. The maximum absolute atomic E-state index is 5.15. The summed E-state index contributed by atoms with van der Waals surface area (Å²) in [6.07, 6.45) is 0. The van der Waals surface area contributed by atoms with E-state index in [-0.39, 0.29) is 0 Å². The summed E-state index contributed by atoms with van der Waals surface area (Å²) in [7, 11) is 6.90. The van der Waals surface area contributed by atoms with Crippen LogP contribution in [-0.4, -0.2) is 44.1 Å². The lowest BCUT2D eigenvalue weighted by atomic mass is 10.9. The summed E-state index contributed by atoms with van der Waals surface area (Å²) in [5.41, 5.74) is 0. The van der Waals surface area contributed by atoms with Crippen molar-refractivity contribution >= 4 is 35.4 Å². The third-order valence-corrected chi connectivity index (χ3v) is 4.96. The fraction of sp³-hybridized carbons (Fsp3) is 0.857. The van der Waals surface area contributed by atoms with Crippen LogP contribution in [0.4, 0.5) is 0 Å². The van der Waals surface area contributed by atoms with Gasteiger partial charge in [0.05, 0.1) is 0 Å². The molecule has 0 aliphatic carbocycles. The van der Waals surface area contributed by atoms with Gasteiger partial charge < -0.3 is 13.9 Å². The summed E-state index contributed by atoms with van der Waals surface area (Å²) in [6, 6.07) is 0. The van der Waals surface area contributed by atoms with E-state index < -0.39 is 6.64 Å². The van der Waals surface area contributed by atoms with Crippen LogP contribution in [0.3, 0.4) is 0 Å². The van der Waals surface area contributed by atoms with Crippen LogP contribution in [-0.2, 0) is 20.9 Å². The monoisotopic (exact) mass is 256 g/mol. The van der Waals surface area contributed by atoms with Crippen molar-refractivity contribution in [1.29, 1.82) is 0 Å². The lowest BCUT2D eigenvalue weighted by Gasteiger charge is -2.18. The van der Waals surface area contributed by atoms with Gasteiger partial charge in [-0.05, 0) is 17.6 Å². The Bertz CT molecular complexity index is 238. The van der Waals surface area contributed by atoms with Crippen LogP contribution in [0.2, 0.25) is 0 Å². The molecule has 0 fully saturated rings. The second kappa shape index (κ2) is 6.80. The smallest absolute Gasteiger partial charge is 0.310 e. The molecule has 0 N–H and O–H groups in total. The molecule has 0 aromatic heterocycles. The Morgan fingerprint density at radius 2 is 1.93 bits per heavy atom. The normalized spacial score (nSPS) is 13.1. The van der Waals surface area contributed by atoms with Crippen LogP contribution in [0.15, 0.2) is 4.76 Å². The molecule has 0 unspecified atom stereocenters. The molecule has 0 amide bonds. The zero-order valence-electron chi connectivity index (χ0n) is 9.18. The van der Waals surface area contributed by atoms with E-state index in [2.05, 4.69) is 11.7 Å². The highest BCUT2D eigenvalue weighted by atomic mass is 32.5. The molecule has 0 saturated heterocycles. The van der Waals surface area contributed by atoms with Crippen molar-refractivity contribution in [3.05, 3.63) is 0 Å². The standard InChI is InChI=1S/C7H17N2O2PS2/c1-6-14-7(9(2)3)8-12(13,10-4)11-5/h6H2,1-5H3. The maximum atomic E-state index is 5.15. The van der Waals surface area contributed by atoms with E-state index in [1.807, 2.05) is 19.0 Å². The van der Waals surface area contributed by atoms with Gasteiger partial charge in [-0.2, -0.15) is 4.76 Å². The van der Waals surface area contributed by atoms with Crippen LogP contribution < -0.4 is 0 Å². The molecule has 7 heteroatoms. The molecule has 0 heterocycles. The largest absolute Gasteiger partial charge is 0.357 e. The molecule has 0 saturated carbocycles. The number of amidine groups is 1. The summed E-state index contributed by atoms with van der Waals surface area (Å²) in [5, 5.41) is 0.847. The van der Waals surface area contributed by atoms with Crippen molar-refractivity contribution in [2.45, 2.75) is 6.92 Å². The zero-order chi connectivity index (χ0) is 11.2. The molecule has 0 bridgehead atoms. The lowest BCUT2D eigenvalue weighted by molar-refractivity contribution is 0.338. The van der Waals surface area contributed by atoms with E-state index >= 15 is 0 Å². The minimum atomic E-state index is -2.46. The highest BCUT2D eigenvalue weighted by molar-refractivity contribution is 8.15. The van der Waals surface area contributed by atoms with Gasteiger partial charge in [-0.1, -0.05) is 18.7 Å². The first-order valence-electron chi connectivity index (χ1n) is 4.11. The van der Waals surface area contributed by atoms with Crippen LogP contribution in [0.1, 0.15) is 6.92 Å². The molecule has 14 heavy (non-hydrogen) atoms. The highest BCUT2D eigenvalue weighted by Gasteiger charge is 2.16. The van der Waals surface area contributed by atoms with Gasteiger partial charge in [-0.15, -0.1) is 0 Å². The molecule has 0 radical (unpaired) electrons. The van der Waals surface area contributed by atoms with Crippen molar-refractivity contribution in [3.63, 3.8) is 0 Å². The van der Waals surface area contributed by atoms with Crippen LogP contribution in [0, 0.1) is 0 Å². The predicted molar refractivity (Wildman–Crippen MR) is 67.6 cm³/mol. The molecule has 0 aliphatic rings. The van der Waals surface area contributed by atoms with Gasteiger partial charge in [-0.3, -0.25) is 0 Å². The van der Waals surface area contributed by atoms with Gasteiger partial charge in [0.15, 0.2) is 5.17 Å². The fourth-order valence-corrected chi connectivity index (χ4v) is 2.80. The van der Waals surface area contributed by atoms with Crippen molar-refractivity contribution in [2.24, 2.45) is 4.76 Å². The summed E-state index contributed by atoms with van der Waals surface area (Å²) < 4.78 is 14.5. The first-order chi connectivity index (χ1) is 6.49. The lowest BCUT2D eigenvalue weighted by Crippen LogP contribution is -2.19. The molecule has 0 aromatic carbocycles. The quantitative estimate of drug-likeness (QED) is 0.437. The van der Waals surface area contributed by atoms with Crippen LogP contribution >= 0.6 is 18.4 Å². The number of hydrogen-bond donors (Lipinski definition) is 0. The zero-order valence-corrected chi connectivity index (χ0v) is 11.7. The Balaban J connectivity index is 4.78. The van der Waals surface area contributed by atoms with E-state index in [4.69, 9.17) is 20.9 Å². The third kappa shape index (κ3) is 4.75. The molecule has 0 aromatic rings. The first-order valence-corrected chi connectivity index (χ1v) is 7.68. The Morgan fingerprint density at radius 3 is 2.21 bits per heavy atom. The molecule has 4 nitrogen and oxygen atoms in total. The number of thioether (sulfide) groups is 1. The van der Waals surface area contributed by atoms with E-state index in [9.17, 15) is 0 Å². The highest BCUT2D eigenvalue weighted by Crippen LogP contribution is 2.49. The molecule has 0 rings (SSSR count). The Labute approximate surface area is 95.3 Å². The van der Waals surface area contributed by atoms with E-state index in [1.165, 1.54) is 14.2 Å². The first kappa shape index (κ1) is 14.4. The van der Waals surface area contributed by atoms with Gasteiger partial charge >= 0.3 is 6.64 Å². The van der Waals surface area contributed by atoms with Crippen LogP contribution in [0.5, 0.6) is 0 Å². The molecular weight excluding hydrogens is 239 g/mol. The van der Waals surface area contributed by atoms with Gasteiger partial charge in [0.1, 0.15) is 0 Å². The van der Waals surface area contributed by atoms with Gasteiger partial charge in [-0.25, -0.2) is 0 Å². The van der Waals surface area contributed by atoms with Gasteiger partial charge in [0.2, 0.25) is 0 Å². The van der Waals surface area contributed by atoms with E-state index in [0.29, 0.717) is 0 Å². The third-order valence-electron chi connectivity index (χ3n) is 1.33. The van der Waals surface area contributed by atoms with E-state index in [0.717, 1.165) is 10.9 Å². The SMILES string of the molecule is CCSC(=NP(=S)(OC)OC)N(C)C. The minimum absolute atomic E-state index is 0.847. The summed E-state index contributed by atoms with van der Waals surface area (Å²) in [4.78, 5) is 1.91. The van der Waals surface area contributed by atoms with Crippen LogP contribution in [0.25, 0.3) is 0 Å². The molecule has 0 spiro atoms. The number of nitrogens with zero attached hydrogens (tertiary/aromatic N) is 2. The average molecular weight is 256 g/mol. The Morgan fingerprint density at radius 1 is 1.43 bits per heavy atom. The second-order valence-electron chi connectivity index (χ2n) is 2.54. The molecule has 0 aliphatic heterocycles. The number of hydrogen-bond acceptors (Lipinski definition) is 4. The minimum Gasteiger partial charge on any atom is -0.357 e. The van der Waals surface area contributed by atoms with Crippen molar-refractivity contribution in [1.82, 2.24) is 4.90 Å².